The van der Waals surface area contributed by atoms with E-state index < -0.39 is 5.97 Å². The van der Waals surface area contributed by atoms with Gasteiger partial charge in [-0.15, -0.1) is 0 Å². The normalized spacial score (nSPS) is 19.4. The van der Waals surface area contributed by atoms with Crippen LogP contribution in [0.2, 0.25) is 0 Å². The molecule has 0 saturated heterocycles. The van der Waals surface area contributed by atoms with Crippen LogP contribution in [0.1, 0.15) is 26.7 Å². The fourth-order valence-electron chi connectivity index (χ4n) is 1.83. The fourth-order valence-corrected chi connectivity index (χ4v) is 1.83. The molecule has 1 aliphatic heterocycles. The Labute approximate surface area is 96.6 Å². The van der Waals surface area contributed by atoms with Gasteiger partial charge in [-0.25, -0.2) is 4.79 Å². The van der Waals surface area contributed by atoms with Gasteiger partial charge in [0.2, 0.25) is 0 Å². The third kappa shape index (κ3) is 3.38. The van der Waals surface area contributed by atoms with E-state index in [9.17, 15) is 4.79 Å². The van der Waals surface area contributed by atoms with Crippen LogP contribution in [0.5, 0.6) is 0 Å². The highest BCUT2D eigenvalue weighted by Crippen LogP contribution is 2.10. The van der Waals surface area contributed by atoms with Crippen molar-refractivity contribution in [2.45, 2.75) is 32.9 Å². The summed E-state index contributed by atoms with van der Waals surface area (Å²) >= 11 is 0. The SMILES string of the molecule is CCCN(CCC)C1C=C(C(=O)O)C=CN1. The van der Waals surface area contributed by atoms with Crippen LogP contribution in [-0.4, -0.2) is 35.2 Å². The number of nitrogens with zero attached hydrogens (tertiary/aromatic N) is 1. The van der Waals surface area contributed by atoms with Gasteiger partial charge in [-0.1, -0.05) is 13.8 Å². The molecule has 0 bridgehead atoms. The van der Waals surface area contributed by atoms with Crippen LogP contribution >= 0.6 is 0 Å². The Hall–Kier alpha value is -1.29. The number of carbonyl (C=O) groups is 1. The average molecular weight is 224 g/mol. The van der Waals surface area contributed by atoms with Crippen LogP contribution in [0, 0.1) is 0 Å². The van der Waals surface area contributed by atoms with Crippen molar-refractivity contribution >= 4 is 5.97 Å². The first-order valence-corrected chi connectivity index (χ1v) is 5.80. The molecule has 1 unspecified atom stereocenters. The minimum Gasteiger partial charge on any atom is -0.478 e. The van der Waals surface area contributed by atoms with Crippen molar-refractivity contribution in [2.24, 2.45) is 0 Å². The van der Waals surface area contributed by atoms with Crippen molar-refractivity contribution in [1.29, 1.82) is 0 Å². The molecule has 1 aliphatic rings. The maximum atomic E-state index is 10.9. The lowest BCUT2D eigenvalue weighted by molar-refractivity contribution is -0.132. The van der Waals surface area contributed by atoms with Crippen LogP contribution in [0.3, 0.4) is 0 Å². The van der Waals surface area contributed by atoms with Crippen molar-refractivity contribution in [2.75, 3.05) is 13.1 Å². The molecule has 0 saturated carbocycles. The molecule has 0 aliphatic carbocycles. The van der Waals surface area contributed by atoms with E-state index in [0.29, 0.717) is 5.57 Å². The molecule has 1 heterocycles. The molecule has 2 N–H and O–H groups in total. The zero-order chi connectivity index (χ0) is 12.0. The molecule has 0 aromatic heterocycles. The molecule has 4 heteroatoms. The first kappa shape index (κ1) is 12.8. The van der Waals surface area contributed by atoms with Crippen LogP contribution in [-0.2, 0) is 4.79 Å². The molecular weight excluding hydrogens is 204 g/mol. The highest BCUT2D eigenvalue weighted by Gasteiger charge is 2.18. The largest absolute Gasteiger partial charge is 0.478 e. The number of dihydropyridines is 1. The Bertz CT molecular complexity index is 291. The summed E-state index contributed by atoms with van der Waals surface area (Å²) in [6, 6.07) is 0. The third-order valence-corrected chi connectivity index (χ3v) is 2.53. The van der Waals surface area contributed by atoms with Gasteiger partial charge in [-0.05, 0) is 31.2 Å². The summed E-state index contributed by atoms with van der Waals surface area (Å²) in [5.41, 5.74) is 0.362. The zero-order valence-corrected chi connectivity index (χ0v) is 9.94. The van der Waals surface area contributed by atoms with Crippen molar-refractivity contribution in [1.82, 2.24) is 10.2 Å². The summed E-state index contributed by atoms with van der Waals surface area (Å²) in [4.78, 5) is 13.1. The Morgan fingerprint density at radius 1 is 1.44 bits per heavy atom. The van der Waals surface area contributed by atoms with E-state index in [4.69, 9.17) is 5.11 Å². The molecule has 1 atom stereocenters. The zero-order valence-electron chi connectivity index (χ0n) is 9.94. The summed E-state index contributed by atoms with van der Waals surface area (Å²) in [7, 11) is 0. The van der Waals surface area contributed by atoms with Gasteiger partial charge in [0.15, 0.2) is 0 Å². The summed E-state index contributed by atoms with van der Waals surface area (Å²) in [6.07, 6.45) is 7.22. The lowest BCUT2D eigenvalue weighted by Gasteiger charge is -2.31. The Balaban J connectivity index is 2.70. The predicted molar refractivity (Wildman–Crippen MR) is 63.9 cm³/mol. The summed E-state index contributed by atoms with van der Waals surface area (Å²) in [6.45, 7) is 6.21. The summed E-state index contributed by atoms with van der Waals surface area (Å²) < 4.78 is 0. The smallest absolute Gasteiger partial charge is 0.335 e. The van der Waals surface area contributed by atoms with Crippen LogP contribution < -0.4 is 5.32 Å². The second kappa shape index (κ2) is 6.33. The van der Waals surface area contributed by atoms with Crippen LogP contribution in [0.25, 0.3) is 0 Å². The maximum absolute atomic E-state index is 10.9. The molecule has 0 aromatic rings. The topological polar surface area (TPSA) is 52.6 Å². The Morgan fingerprint density at radius 3 is 2.56 bits per heavy atom. The van der Waals surface area contributed by atoms with E-state index in [2.05, 4.69) is 24.1 Å². The first-order valence-electron chi connectivity index (χ1n) is 5.80. The lowest BCUT2D eigenvalue weighted by atomic mass is 10.1. The molecule has 1 rings (SSSR count). The number of carboxylic acid groups (broad SMARTS) is 1. The van der Waals surface area contributed by atoms with Crippen molar-refractivity contribution < 1.29 is 9.90 Å². The standard InChI is InChI=1S/C12H20N2O2/c1-3-7-14(8-4-2)11-9-10(12(15)16)5-6-13-11/h5-6,9,11,13H,3-4,7-8H2,1-2H3,(H,15,16). The molecule has 90 valence electrons. The first-order chi connectivity index (χ1) is 7.69. The van der Waals surface area contributed by atoms with Gasteiger partial charge < -0.3 is 10.4 Å². The quantitative estimate of drug-likeness (QED) is 0.719. The molecule has 16 heavy (non-hydrogen) atoms. The van der Waals surface area contributed by atoms with E-state index in [1.54, 1.807) is 18.4 Å². The lowest BCUT2D eigenvalue weighted by Crippen LogP contribution is -2.44. The fraction of sp³-hybridized carbons (Fsp3) is 0.583. The second-order valence-corrected chi connectivity index (χ2v) is 3.91. The molecular formula is C12H20N2O2. The number of carboxylic acids is 1. The van der Waals surface area contributed by atoms with Gasteiger partial charge >= 0.3 is 5.97 Å². The maximum Gasteiger partial charge on any atom is 0.335 e. The minimum atomic E-state index is -0.865. The molecule has 0 spiro atoms. The predicted octanol–water partition coefficient (Wildman–Crippen LogP) is 1.56. The van der Waals surface area contributed by atoms with E-state index in [1.165, 1.54) is 0 Å². The summed E-state index contributed by atoms with van der Waals surface area (Å²) in [5, 5.41) is 12.1. The molecule has 0 fully saturated rings. The van der Waals surface area contributed by atoms with Crippen molar-refractivity contribution in [3.05, 3.63) is 23.9 Å². The van der Waals surface area contributed by atoms with Crippen molar-refractivity contribution in [3.8, 4) is 0 Å². The number of nitrogens with one attached hydrogen (secondary N) is 1. The second-order valence-electron chi connectivity index (χ2n) is 3.91. The van der Waals surface area contributed by atoms with E-state index in [1.807, 2.05) is 0 Å². The van der Waals surface area contributed by atoms with Gasteiger partial charge in [0, 0.05) is 13.1 Å². The number of aliphatic carboxylic acids is 1. The molecule has 0 radical (unpaired) electrons. The minimum absolute atomic E-state index is 0.0102. The average Bonchev–Trinajstić information content (AvgIpc) is 2.29. The highest BCUT2D eigenvalue weighted by molar-refractivity contribution is 5.90. The van der Waals surface area contributed by atoms with Gasteiger partial charge in [-0.3, -0.25) is 4.90 Å². The highest BCUT2D eigenvalue weighted by atomic mass is 16.4. The van der Waals surface area contributed by atoms with E-state index in [0.717, 1.165) is 25.9 Å². The number of hydrogen-bond donors (Lipinski definition) is 2. The summed E-state index contributed by atoms with van der Waals surface area (Å²) in [5.74, 6) is -0.865. The van der Waals surface area contributed by atoms with Gasteiger partial charge in [-0.2, -0.15) is 0 Å². The molecule has 0 amide bonds. The number of rotatable bonds is 6. The van der Waals surface area contributed by atoms with Gasteiger partial charge in [0.05, 0.1) is 11.7 Å². The number of hydrogen-bond acceptors (Lipinski definition) is 3. The monoisotopic (exact) mass is 224 g/mol. The molecule has 4 nitrogen and oxygen atoms in total. The Morgan fingerprint density at radius 2 is 2.06 bits per heavy atom. The van der Waals surface area contributed by atoms with E-state index >= 15 is 0 Å². The Kier molecular flexibility index (Phi) is 5.05. The third-order valence-electron chi connectivity index (χ3n) is 2.53. The van der Waals surface area contributed by atoms with Gasteiger partial charge in [0.25, 0.3) is 0 Å². The van der Waals surface area contributed by atoms with Crippen molar-refractivity contribution in [3.63, 3.8) is 0 Å². The molecule has 0 aromatic carbocycles. The van der Waals surface area contributed by atoms with Crippen LogP contribution in [0.4, 0.5) is 0 Å². The van der Waals surface area contributed by atoms with Crippen LogP contribution in [0.15, 0.2) is 23.9 Å². The van der Waals surface area contributed by atoms with E-state index in [-0.39, 0.29) is 6.17 Å². The van der Waals surface area contributed by atoms with Gasteiger partial charge in [0.1, 0.15) is 0 Å².